The number of pyridine rings is 1. The highest BCUT2D eigenvalue weighted by Gasteiger charge is 2.31. The van der Waals surface area contributed by atoms with Gasteiger partial charge in [-0.1, -0.05) is 5.16 Å². The first-order valence-electron chi connectivity index (χ1n) is 13.2. The number of benzene rings is 2. The second-order valence-electron chi connectivity index (χ2n) is 10.4. The highest BCUT2D eigenvalue weighted by atomic mass is 19.4. The Morgan fingerprint density at radius 1 is 0.932 bits per heavy atom. The van der Waals surface area contributed by atoms with Crippen LogP contribution in [-0.2, 0) is 12.0 Å². The largest absolute Gasteiger partial charge is 0.437 e. The third kappa shape index (κ3) is 6.28. The summed E-state index contributed by atoms with van der Waals surface area (Å²) >= 11 is 0. The van der Waals surface area contributed by atoms with Crippen molar-refractivity contribution in [1.82, 2.24) is 25.8 Å². The molecule has 0 aliphatic rings. The van der Waals surface area contributed by atoms with E-state index in [1.54, 1.807) is 13.8 Å². The van der Waals surface area contributed by atoms with Crippen LogP contribution in [0.15, 0.2) is 63.9 Å². The van der Waals surface area contributed by atoms with Crippen LogP contribution >= 0.6 is 0 Å². The first-order valence-corrected chi connectivity index (χ1v) is 13.2. The van der Waals surface area contributed by atoms with Crippen LogP contribution in [-0.4, -0.2) is 40.2 Å². The minimum absolute atomic E-state index is 0.00813. The molecule has 9 nitrogen and oxygen atoms in total. The predicted octanol–water partition coefficient (Wildman–Crippen LogP) is 6.34. The zero-order valence-electron chi connectivity index (χ0n) is 23.5. The Labute approximate surface area is 246 Å². The topological polar surface area (TPSA) is 123 Å². The highest BCUT2D eigenvalue weighted by Crippen LogP contribution is 2.38. The van der Waals surface area contributed by atoms with E-state index in [0.29, 0.717) is 5.56 Å². The van der Waals surface area contributed by atoms with Crippen molar-refractivity contribution in [1.29, 1.82) is 0 Å². The van der Waals surface area contributed by atoms with Crippen molar-refractivity contribution < 1.29 is 40.5 Å². The smallest absolute Gasteiger partial charge is 0.389 e. The van der Waals surface area contributed by atoms with Crippen molar-refractivity contribution in [3.8, 4) is 22.5 Å². The molecule has 2 aromatic carbocycles. The third-order valence-corrected chi connectivity index (χ3v) is 6.78. The standard InChI is InChI=1S/C30H24F5N5O4/c1-29(2,28-37-14-43-40-28)39-25(41)17-10-16(11-19(32)12-17)20-13-21-23(26(42)36-3)24(15-4-6-18(31)7-5-15)44-27(21)38-22(20)8-9-30(33,34)35/h4-7,10-14H,8-9H2,1-3H3,(H,36,42)(H,39,41). The quantitative estimate of drug-likeness (QED) is 0.196. The fourth-order valence-electron chi connectivity index (χ4n) is 4.65. The van der Waals surface area contributed by atoms with Gasteiger partial charge in [-0.2, -0.15) is 18.2 Å². The van der Waals surface area contributed by atoms with Gasteiger partial charge in [0.15, 0.2) is 5.82 Å². The van der Waals surface area contributed by atoms with Crippen LogP contribution in [0, 0.1) is 11.6 Å². The number of carbonyl (C=O) groups excluding carboxylic acids is 2. The lowest BCUT2D eigenvalue weighted by Crippen LogP contribution is -2.41. The van der Waals surface area contributed by atoms with Crippen LogP contribution in [0.1, 0.15) is 52.5 Å². The molecule has 228 valence electrons. The molecule has 0 saturated carbocycles. The van der Waals surface area contributed by atoms with Crippen molar-refractivity contribution in [3.63, 3.8) is 0 Å². The van der Waals surface area contributed by atoms with Crippen LogP contribution in [0.5, 0.6) is 0 Å². The van der Waals surface area contributed by atoms with E-state index in [1.807, 2.05) is 0 Å². The summed E-state index contributed by atoms with van der Waals surface area (Å²) in [6.45, 7) is 3.20. The number of halogens is 5. The number of carbonyl (C=O) groups is 2. The number of furan rings is 1. The number of nitrogens with one attached hydrogen (secondary N) is 2. The summed E-state index contributed by atoms with van der Waals surface area (Å²) in [5.74, 6) is -2.55. The van der Waals surface area contributed by atoms with Crippen LogP contribution < -0.4 is 10.6 Å². The van der Waals surface area contributed by atoms with Crippen LogP contribution in [0.4, 0.5) is 22.0 Å². The Hall–Kier alpha value is -5.14. The fraction of sp³-hybridized carbons (Fsp3) is 0.233. The predicted molar refractivity (Wildman–Crippen MR) is 147 cm³/mol. The number of hydrogen-bond acceptors (Lipinski definition) is 7. The van der Waals surface area contributed by atoms with Gasteiger partial charge in [0.1, 0.15) is 17.4 Å². The van der Waals surface area contributed by atoms with E-state index in [9.17, 15) is 31.5 Å². The molecule has 0 atom stereocenters. The van der Waals surface area contributed by atoms with Crippen molar-refractivity contribution >= 4 is 22.9 Å². The molecule has 0 fully saturated rings. The van der Waals surface area contributed by atoms with Crippen molar-refractivity contribution in [2.45, 2.75) is 38.4 Å². The molecule has 44 heavy (non-hydrogen) atoms. The summed E-state index contributed by atoms with van der Waals surface area (Å²) in [4.78, 5) is 34.5. The van der Waals surface area contributed by atoms with Gasteiger partial charge < -0.3 is 19.6 Å². The molecule has 0 bridgehead atoms. The Morgan fingerprint density at radius 3 is 2.30 bits per heavy atom. The van der Waals surface area contributed by atoms with Gasteiger partial charge >= 0.3 is 6.18 Å². The van der Waals surface area contributed by atoms with Gasteiger partial charge in [-0.25, -0.2) is 13.8 Å². The summed E-state index contributed by atoms with van der Waals surface area (Å²) in [5.41, 5.74) is -1.15. The molecule has 0 radical (unpaired) electrons. The van der Waals surface area contributed by atoms with Crippen LogP contribution in [0.3, 0.4) is 0 Å². The van der Waals surface area contributed by atoms with Gasteiger partial charge in [0.05, 0.1) is 22.2 Å². The SMILES string of the molecule is CNC(=O)c1c(-c2ccc(F)cc2)oc2nc(CCC(F)(F)F)c(-c3cc(F)cc(C(=O)NC(C)(C)c4ncon4)c3)cc12. The summed E-state index contributed by atoms with van der Waals surface area (Å²) in [6, 6.07) is 9.73. The normalized spacial score (nSPS) is 12.0. The molecule has 0 unspecified atom stereocenters. The Morgan fingerprint density at radius 2 is 1.66 bits per heavy atom. The van der Waals surface area contributed by atoms with Crippen LogP contribution in [0.25, 0.3) is 33.6 Å². The van der Waals surface area contributed by atoms with Gasteiger partial charge in [-0.3, -0.25) is 9.59 Å². The maximum atomic E-state index is 15.0. The summed E-state index contributed by atoms with van der Waals surface area (Å²) in [6.07, 6.45) is -5.33. The molecule has 3 aromatic heterocycles. The summed E-state index contributed by atoms with van der Waals surface area (Å²) in [7, 11) is 1.37. The molecule has 0 spiro atoms. The number of nitrogens with zero attached hydrogens (tertiary/aromatic N) is 3. The molecule has 3 heterocycles. The second kappa shape index (κ2) is 11.5. The minimum Gasteiger partial charge on any atom is -0.437 e. The van der Waals surface area contributed by atoms with Gasteiger partial charge in [0, 0.05) is 30.2 Å². The molecule has 2 amide bonds. The fourth-order valence-corrected chi connectivity index (χ4v) is 4.65. The van der Waals surface area contributed by atoms with E-state index >= 15 is 0 Å². The average Bonchev–Trinajstić information content (AvgIpc) is 3.64. The van der Waals surface area contributed by atoms with E-state index in [-0.39, 0.29) is 50.6 Å². The molecule has 5 rings (SSSR count). The van der Waals surface area contributed by atoms with E-state index in [2.05, 4.69) is 25.8 Å². The second-order valence-corrected chi connectivity index (χ2v) is 10.4. The highest BCUT2D eigenvalue weighted by molar-refractivity contribution is 6.11. The van der Waals surface area contributed by atoms with Crippen molar-refractivity contribution in [3.05, 3.63) is 89.2 Å². The van der Waals surface area contributed by atoms with Crippen LogP contribution in [0.2, 0.25) is 0 Å². The maximum Gasteiger partial charge on any atom is 0.389 e. The van der Waals surface area contributed by atoms with Crippen molar-refractivity contribution in [2.24, 2.45) is 0 Å². The van der Waals surface area contributed by atoms with E-state index in [0.717, 1.165) is 30.7 Å². The number of fused-ring (bicyclic) bond motifs is 1. The number of amides is 2. The summed E-state index contributed by atoms with van der Waals surface area (Å²) < 4.78 is 79.1. The zero-order chi connectivity index (χ0) is 31.8. The number of hydrogen-bond donors (Lipinski definition) is 2. The number of rotatable bonds is 8. The molecule has 14 heteroatoms. The number of aryl methyl sites for hydroxylation is 1. The van der Waals surface area contributed by atoms with Gasteiger partial charge in [0.2, 0.25) is 12.1 Å². The monoisotopic (exact) mass is 613 g/mol. The Kier molecular flexibility index (Phi) is 7.93. The summed E-state index contributed by atoms with van der Waals surface area (Å²) in [5, 5.41) is 9.00. The van der Waals surface area contributed by atoms with Gasteiger partial charge in [-0.05, 0) is 74.4 Å². The lowest BCUT2D eigenvalue weighted by molar-refractivity contribution is -0.134. The molecule has 0 saturated heterocycles. The molecular formula is C30H24F5N5O4. The number of alkyl halides is 3. The zero-order valence-corrected chi connectivity index (χ0v) is 23.5. The molecular weight excluding hydrogens is 589 g/mol. The first-order chi connectivity index (χ1) is 20.8. The minimum atomic E-state index is -4.54. The lowest BCUT2D eigenvalue weighted by atomic mass is 9.96. The van der Waals surface area contributed by atoms with Gasteiger partial charge in [0.25, 0.3) is 11.8 Å². The van der Waals surface area contributed by atoms with E-state index in [4.69, 9.17) is 8.94 Å². The van der Waals surface area contributed by atoms with Gasteiger partial charge in [-0.15, -0.1) is 0 Å². The van der Waals surface area contributed by atoms with E-state index < -0.39 is 48.0 Å². The Balaban J connectivity index is 1.67. The average molecular weight is 614 g/mol. The first kappa shape index (κ1) is 30.3. The third-order valence-electron chi connectivity index (χ3n) is 6.78. The molecule has 0 aliphatic carbocycles. The molecule has 0 aliphatic heterocycles. The molecule has 5 aromatic rings. The maximum absolute atomic E-state index is 15.0. The lowest BCUT2D eigenvalue weighted by Gasteiger charge is -2.22. The molecule has 2 N–H and O–H groups in total. The van der Waals surface area contributed by atoms with E-state index in [1.165, 1.54) is 31.3 Å². The Bertz CT molecular complexity index is 1850. The number of aromatic nitrogens is 3. The van der Waals surface area contributed by atoms with Crippen molar-refractivity contribution in [2.75, 3.05) is 7.05 Å².